The van der Waals surface area contributed by atoms with Crippen molar-refractivity contribution in [3.63, 3.8) is 0 Å². The molecule has 1 fully saturated rings. The van der Waals surface area contributed by atoms with Crippen LogP contribution >= 0.6 is 0 Å². The zero-order valence-electron chi connectivity index (χ0n) is 12.0. The second-order valence-electron chi connectivity index (χ2n) is 6.63. The van der Waals surface area contributed by atoms with Gasteiger partial charge in [-0.2, -0.15) is 0 Å². The maximum atomic E-state index is 12.2. The van der Waals surface area contributed by atoms with Crippen LogP contribution in [0.5, 0.6) is 0 Å². The van der Waals surface area contributed by atoms with Gasteiger partial charge in [0.2, 0.25) is 0 Å². The number of hydrogen-bond acceptors (Lipinski definition) is 3. The van der Waals surface area contributed by atoms with E-state index in [-0.39, 0.29) is 5.54 Å². The molecule has 0 bridgehead atoms. The largest absolute Gasteiger partial charge is 0.379 e. The Kier molecular flexibility index (Phi) is 3.83. The molecular weight excluding hydrogens is 228 g/mol. The first kappa shape index (κ1) is 14.0. The molecule has 1 saturated heterocycles. The maximum absolute atomic E-state index is 12.2. The molecule has 4 nitrogen and oxygen atoms in total. The molecule has 2 rings (SSSR count). The molecule has 0 N–H and O–H groups in total. The number of nitrogens with zero attached hydrogens (tertiary/aromatic N) is 2. The number of hydroxylamine groups is 2. The fraction of sp³-hybridized carbons (Fsp3) is 0.857. The summed E-state index contributed by atoms with van der Waals surface area (Å²) >= 11 is 0. The Labute approximate surface area is 110 Å². The van der Waals surface area contributed by atoms with Gasteiger partial charge in [0, 0.05) is 25.2 Å². The van der Waals surface area contributed by atoms with E-state index in [1.165, 1.54) is 10.6 Å². The van der Waals surface area contributed by atoms with Crippen molar-refractivity contribution in [1.29, 1.82) is 0 Å². The highest BCUT2D eigenvalue weighted by Gasteiger charge is 2.41. The van der Waals surface area contributed by atoms with Crippen LogP contribution in [0.3, 0.4) is 0 Å². The van der Waals surface area contributed by atoms with E-state index in [0.717, 1.165) is 39.3 Å². The van der Waals surface area contributed by atoms with E-state index < -0.39 is 5.54 Å². The molecule has 0 aliphatic carbocycles. The Hall–Kier alpha value is -0.420. The summed E-state index contributed by atoms with van der Waals surface area (Å²) in [4.78, 5) is 2.42. The van der Waals surface area contributed by atoms with Gasteiger partial charge in [0.05, 0.1) is 18.8 Å². The molecule has 1 radical (unpaired) electrons. The molecule has 0 spiro atoms. The molecule has 2 aliphatic heterocycles. The summed E-state index contributed by atoms with van der Waals surface area (Å²) in [6.45, 7) is 12.7. The highest BCUT2D eigenvalue weighted by molar-refractivity contribution is 5.21. The van der Waals surface area contributed by atoms with Gasteiger partial charge in [0.15, 0.2) is 0 Å². The molecule has 103 valence electrons. The summed E-state index contributed by atoms with van der Waals surface area (Å²) in [6.07, 6.45) is 3.01. The summed E-state index contributed by atoms with van der Waals surface area (Å²) in [5, 5.41) is 13.5. The number of rotatable bonds is 2. The molecule has 2 aliphatic rings. The molecule has 18 heavy (non-hydrogen) atoms. The normalized spacial score (nSPS) is 29.1. The molecular formula is C14H25N2O2. The smallest absolute Gasteiger partial charge is 0.0626 e. The Morgan fingerprint density at radius 3 is 2.39 bits per heavy atom. The first-order valence-corrected chi connectivity index (χ1v) is 6.79. The second-order valence-corrected chi connectivity index (χ2v) is 6.63. The van der Waals surface area contributed by atoms with Crippen LogP contribution in [0.2, 0.25) is 0 Å². The van der Waals surface area contributed by atoms with Gasteiger partial charge in [0.1, 0.15) is 0 Å². The van der Waals surface area contributed by atoms with Gasteiger partial charge in [-0.15, -0.1) is 10.3 Å². The summed E-state index contributed by atoms with van der Waals surface area (Å²) in [7, 11) is 0. The van der Waals surface area contributed by atoms with Crippen LogP contribution in [0, 0.1) is 0 Å². The van der Waals surface area contributed by atoms with E-state index >= 15 is 0 Å². The maximum Gasteiger partial charge on any atom is 0.0626 e. The predicted molar refractivity (Wildman–Crippen MR) is 70.6 cm³/mol. The lowest BCUT2D eigenvalue weighted by molar-refractivity contribution is -0.263. The Balaban J connectivity index is 2.08. The van der Waals surface area contributed by atoms with E-state index in [1.54, 1.807) is 0 Å². The molecule has 0 saturated carbocycles. The molecule has 4 heteroatoms. The third kappa shape index (κ3) is 2.94. The number of morpholine rings is 1. The third-order valence-electron chi connectivity index (χ3n) is 3.82. The molecule has 0 unspecified atom stereocenters. The molecule has 2 heterocycles. The van der Waals surface area contributed by atoms with Crippen LogP contribution in [-0.2, 0) is 9.94 Å². The summed E-state index contributed by atoms with van der Waals surface area (Å²) < 4.78 is 5.37. The second kappa shape index (κ2) is 4.93. The summed E-state index contributed by atoms with van der Waals surface area (Å²) in [6, 6.07) is 0. The highest BCUT2D eigenvalue weighted by Crippen LogP contribution is 2.36. The average Bonchev–Trinajstić information content (AvgIpc) is 2.26. The quantitative estimate of drug-likeness (QED) is 0.705. The molecule has 0 aromatic rings. The van der Waals surface area contributed by atoms with Crippen molar-refractivity contribution < 1.29 is 9.94 Å². The third-order valence-corrected chi connectivity index (χ3v) is 3.82. The monoisotopic (exact) mass is 253 g/mol. The Morgan fingerprint density at radius 1 is 1.22 bits per heavy atom. The predicted octanol–water partition coefficient (Wildman–Crippen LogP) is 1.85. The minimum atomic E-state index is -0.399. The first-order valence-electron chi connectivity index (χ1n) is 6.79. The number of hydrogen-bond donors (Lipinski definition) is 0. The van der Waals surface area contributed by atoms with Crippen LogP contribution in [0.15, 0.2) is 11.6 Å². The zero-order valence-corrected chi connectivity index (χ0v) is 12.0. The van der Waals surface area contributed by atoms with Gasteiger partial charge in [-0.25, -0.2) is 0 Å². The summed E-state index contributed by atoms with van der Waals surface area (Å²) in [5.74, 6) is 0. The van der Waals surface area contributed by atoms with Gasteiger partial charge < -0.3 is 4.74 Å². The minimum absolute atomic E-state index is 0.306. The van der Waals surface area contributed by atoms with E-state index in [4.69, 9.17) is 4.74 Å². The van der Waals surface area contributed by atoms with E-state index in [1.807, 2.05) is 27.7 Å². The van der Waals surface area contributed by atoms with E-state index in [0.29, 0.717) is 0 Å². The lowest BCUT2D eigenvalue weighted by Gasteiger charge is -2.46. The SMILES string of the molecule is CC1(C)C=C(CN2CCOCC2)CC(C)(C)N1[O]. The first-order chi connectivity index (χ1) is 8.31. The van der Waals surface area contributed by atoms with Crippen molar-refractivity contribution in [2.45, 2.75) is 45.2 Å². The van der Waals surface area contributed by atoms with Crippen molar-refractivity contribution in [2.24, 2.45) is 0 Å². The van der Waals surface area contributed by atoms with Gasteiger partial charge in [-0.1, -0.05) is 11.6 Å². The van der Waals surface area contributed by atoms with Crippen LogP contribution in [-0.4, -0.2) is 53.9 Å². The fourth-order valence-corrected chi connectivity index (χ4v) is 3.16. The zero-order chi connectivity index (χ0) is 13.4. The lowest BCUT2D eigenvalue weighted by Crippen LogP contribution is -2.55. The van der Waals surface area contributed by atoms with Crippen LogP contribution in [0.4, 0.5) is 0 Å². The molecule has 0 amide bonds. The fourth-order valence-electron chi connectivity index (χ4n) is 3.16. The highest BCUT2D eigenvalue weighted by atomic mass is 16.5. The van der Waals surface area contributed by atoms with E-state index in [2.05, 4.69) is 11.0 Å². The molecule has 0 atom stereocenters. The van der Waals surface area contributed by atoms with Crippen molar-refractivity contribution in [2.75, 3.05) is 32.8 Å². The van der Waals surface area contributed by atoms with Crippen molar-refractivity contribution in [1.82, 2.24) is 9.96 Å². The van der Waals surface area contributed by atoms with Crippen molar-refractivity contribution in [3.8, 4) is 0 Å². The van der Waals surface area contributed by atoms with Gasteiger partial charge >= 0.3 is 0 Å². The van der Waals surface area contributed by atoms with Gasteiger partial charge in [-0.3, -0.25) is 4.90 Å². The molecule has 0 aromatic heterocycles. The van der Waals surface area contributed by atoms with Gasteiger partial charge in [-0.05, 0) is 34.1 Å². The molecule has 0 aromatic carbocycles. The van der Waals surface area contributed by atoms with Crippen LogP contribution in [0.25, 0.3) is 0 Å². The average molecular weight is 253 g/mol. The summed E-state index contributed by atoms with van der Waals surface area (Å²) in [5.41, 5.74) is 0.683. The van der Waals surface area contributed by atoms with Crippen LogP contribution < -0.4 is 0 Å². The number of ether oxygens (including phenoxy) is 1. The lowest BCUT2D eigenvalue weighted by atomic mass is 9.82. The Morgan fingerprint density at radius 2 is 1.83 bits per heavy atom. The van der Waals surface area contributed by atoms with Crippen LogP contribution in [0.1, 0.15) is 34.1 Å². The minimum Gasteiger partial charge on any atom is -0.379 e. The standard InChI is InChI=1S/C14H25N2O2/c1-13(2)9-12(10-14(3,4)16(13)17)11-15-5-7-18-8-6-15/h9H,5-8,10-11H2,1-4H3. The Bertz CT molecular complexity index is 331. The van der Waals surface area contributed by atoms with Gasteiger partial charge in [0.25, 0.3) is 0 Å². The van der Waals surface area contributed by atoms with E-state index in [9.17, 15) is 5.21 Å². The van der Waals surface area contributed by atoms with Crippen molar-refractivity contribution in [3.05, 3.63) is 11.6 Å². The topological polar surface area (TPSA) is 35.6 Å². The van der Waals surface area contributed by atoms with Crippen molar-refractivity contribution >= 4 is 0 Å².